The molecule has 3 aromatic carbocycles. The number of nitrogens with zero attached hydrogens (tertiary/aromatic N) is 2. The Kier molecular flexibility index (Phi) is 5.58. The average molecular weight is 412 g/mol. The minimum absolute atomic E-state index is 0.0917. The topological polar surface area (TPSA) is 51.7 Å². The van der Waals surface area contributed by atoms with Gasteiger partial charge in [0.15, 0.2) is 11.5 Å². The molecule has 1 heterocycles. The molecule has 4 rings (SSSR count). The molecular weight excluding hydrogens is 388 g/mol. The zero-order chi connectivity index (χ0) is 22.0. The molecule has 0 atom stereocenters. The van der Waals surface area contributed by atoms with Crippen molar-refractivity contribution in [2.24, 2.45) is 0 Å². The lowest BCUT2D eigenvalue weighted by Gasteiger charge is -2.19. The van der Waals surface area contributed by atoms with E-state index in [2.05, 4.69) is 0 Å². The minimum atomic E-state index is -0.0917. The van der Waals surface area contributed by atoms with Crippen LogP contribution in [0.3, 0.4) is 0 Å². The fourth-order valence-corrected chi connectivity index (χ4v) is 3.63. The fourth-order valence-electron chi connectivity index (χ4n) is 3.63. The number of anilines is 1. The number of hydrogen-bond acceptors (Lipinski definition) is 4. The first-order valence-corrected chi connectivity index (χ1v) is 9.98. The number of ether oxygens (including phenoxy) is 2. The van der Waals surface area contributed by atoms with Crippen LogP contribution in [0, 0.1) is 6.92 Å². The van der Waals surface area contributed by atoms with Crippen molar-refractivity contribution in [3.8, 4) is 22.8 Å². The molecule has 0 spiro atoms. The van der Waals surface area contributed by atoms with E-state index in [1.165, 1.54) is 0 Å². The normalized spacial score (nSPS) is 10.7. The van der Waals surface area contributed by atoms with Crippen molar-refractivity contribution in [2.75, 3.05) is 26.2 Å². The first kappa shape index (κ1) is 20.4. The van der Waals surface area contributed by atoms with E-state index in [-0.39, 0.29) is 5.91 Å². The van der Waals surface area contributed by atoms with Crippen molar-refractivity contribution in [1.29, 1.82) is 0 Å². The SMILES string of the molecule is COc1ccc(-c2cc(C(=O)N(C)c3cccc(C)c3)c3ccccc3n2)cc1OC. The standard InChI is InChI=1S/C26H24N2O3/c1-17-8-7-9-19(14-17)28(2)26(29)21-16-23(27-22-11-6-5-10-20(21)22)18-12-13-24(30-3)25(15-18)31-4/h5-16H,1-4H3. The van der Waals surface area contributed by atoms with Crippen LogP contribution in [0.1, 0.15) is 15.9 Å². The van der Waals surface area contributed by atoms with Crippen LogP contribution in [0.4, 0.5) is 5.69 Å². The second-order valence-electron chi connectivity index (χ2n) is 7.35. The molecule has 0 aliphatic rings. The van der Waals surface area contributed by atoms with Gasteiger partial charge in [0, 0.05) is 23.7 Å². The molecule has 0 aliphatic carbocycles. The molecule has 5 nitrogen and oxygen atoms in total. The van der Waals surface area contributed by atoms with E-state index in [0.29, 0.717) is 22.8 Å². The second-order valence-corrected chi connectivity index (χ2v) is 7.35. The highest BCUT2D eigenvalue weighted by Crippen LogP contribution is 2.33. The lowest BCUT2D eigenvalue weighted by Crippen LogP contribution is -2.26. The van der Waals surface area contributed by atoms with Crippen molar-refractivity contribution in [1.82, 2.24) is 4.98 Å². The van der Waals surface area contributed by atoms with Crippen molar-refractivity contribution in [2.45, 2.75) is 6.92 Å². The van der Waals surface area contributed by atoms with Gasteiger partial charge in [-0.25, -0.2) is 4.98 Å². The highest BCUT2D eigenvalue weighted by atomic mass is 16.5. The van der Waals surface area contributed by atoms with Crippen molar-refractivity contribution in [3.63, 3.8) is 0 Å². The van der Waals surface area contributed by atoms with Crippen LogP contribution in [0.25, 0.3) is 22.2 Å². The smallest absolute Gasteiger partial charge is 0.258 e. The van der Waals surface area contributed by atoms with Gasteiger partial charge < -0.3 is 14.4 Å². The molecule has 0 saturated heterocycles. The summed E-state index contributed by atoms with van der Waals surface area (Å²) in [5.41, 5.74) is 4.84. The molecule has 156 valence electrons. The summed E-state index contributed by atoms with van der Waals surface area (Å²) in [6.45, 7) is 2.01. The fraction of sp³-hybridized carbons (Fsp3) is 0.154. The van der Waals surface area contributed by atoms with Crippen molar-refractivity contribution < 1.29 is 14.3 Å². The van der Waals surface area contributed by atoms with Crippen molar-refractivity contribution >= 4 is 22.5 Å². The summed E-state index contributed by atoms with van der Waals surface area (Å²) < 4.78 is 10.8. The Balaban J connectivity index is 1.85. The van der Waals surface area contributed by atoms with Gasteiger partial charge in [0.2, 0.25) is 0 Å². The summed E-state index contributed by atoms with van der Waals surface area (Å²) in [6.07, 6.45) is 0. The van der Waals surface area contributed by atoms with E-state index in [1.54, 1.807) is 26.2 Å². The van der Waals surface area contributed by atoms with Crippen LogP contribution >= 0.6 is 0 Å². The lowest BCUT2D eigenvalue weighted by atomic mass is 10.0. The summed E-state index contributed by atoms with van der Waals surface area (Å²) in [4.78, 5) is 20.0. The molecule has 0 radical (unpaired) electrons. The molecule has 0 bridgehead atoms. The van der Waals surface area contributed by atoms with E-state index in [9.17, 15) is 4.79 Å². The van der Waals surface area contributed by atoms with Gasteiger partial charge in [-0.15, -0.1) is 0 Å². The number of benzene rings is 3. The number of aromatic nitrogens is 1. The number of carbonyl (C=O) groups excluding carboxylic acids is 1. The van der Waals surface area contributed by atoms with Crippen LogP contribution in [-0.2, 0) is 0 Å². The average Bonchev–Trinajstić information content (AvgIpc) is 2.81. The Labute approximate surface area is 181 Å². The third-order valence-corrected chi connectivity index (χ3v) is 5.32. The maximum atomic E-state index is 13.5. The third kappa shape index (κ3) is 3.94. The number of rotatable bonds is 5. The Morgan fingerprint density at radius 3 is 2.39 bits per heavy atom. The summed E-state index contributed by atoms with van der Waals surface area (Å²) in [7, 11) is 4.99. The largest absolute Gasteiger partial charge is 0.493 e. The number of pyridine rings is 1. The first-order valence-electron chi connectivity index (χ1n) is 9.98. The van der Waals surface area contributed by atoms with Gasteiger partial charge in [0.1, 0.15) is 0 Å². The number of amides is 1. The van der Waals surface area contributed by atoms with Crippen LogP contribution < -0.4 is 14.4 Å². The predicted octanol–water partition coefficient (Wildman–Crippen LogP) is 5.50. The molecule has 0 N–H and O–H groups in total. The highest BCUT2D eigenvalue weighted by Gasteiger charge is 2.19. The predicted molar refractivity (Wildman–Crippen MR) is 124 cm³/mol. The van der Waals surface area contributed by atoms with Gasteiger partial charge in [-0.2, -0.15) is 0 Å². The molecule has 1 aromatic heterocycles. The highest BCUT2D eigenvalue weighted by molar-refractivity contribution is 6.14. The summed E-state index contributed by atoms with van der Waals surface area (Å²) >= 11 is 0. The molecule has 31 heavy (non-hydrogen) atoms. The lowest BCUT2D eigenvalue weighted by molar-refractivity contribution is 0.0994. The maximum Gasteiger partial charge on any atom is 0.258 e. The summed E-state index contributed by atoms with van der Waals surface area (Å²) in [6, 6.07) is 23.1. The number of hydrogen-bond donors (Lipinski definition) is 0. The van der Waals surface area contributed by atoms with Gasteiger partial charge in [-0.1, -0.05) is 30.3 Å². The molecule has 5 heteroatoms. The third-order valence-electron chi connectivity index (χ3n) is 5.32. The number of carbonyl (C=O) groups is 1. The van der Waals surface area contributed by atoms with E-state index in [0.717, 1.165) is 27.7 Å². The van der Waals surface area contributed by atoms with E-state index < -0.39 is 0 Å². The maximum absolute atomic E-state index is 13.5. The zero-order valence-corrected chi connectivity index (χ0v) is 18.0. The molecule has 0 saturated carbocycles. The Morgan fingerprint density at radius 2 is 1.65 bits per heavy atom. The van der Waals surface area contributed by atoms with Crippen LogP contribution in [-0.4, -0.2) is 32.2 Å². The van der Waals surface area contributed by atoms with Gasteiger partial charge in [-0.3, -0.25) is 4.79 Å². The van der Waals surface area contributed by atoms with E-state index >= 15 is 0 Å². The van der Waals surface area contributed by atoms with Crippen LogP contribution in [0.2, 0.25) is 0 Å². The number of aryl methyl sites for hydroxylation is 1. The molecule has 0 fully saturated rings. The monoisotopic (exact) mass is 412 g/mol. The summed E-state index contributed by atoms with van der Waals surface area (Å²) in [5, 5.41) is 0.816. The Morgan fingerprint density at radius 1 is 0.871 bits per heavy atom. The number of para-hydroxylation sites is 1. The minimum Gasteiger partial charge on any atom is -0.493 e. The number of methoxy groups -OCH3 is 2. The van der Waals surface area contributed by atoms with Crippen LogP contribution in [0.15, 0.2) is 72.8 Å². The Bertz CT molecular complexity index is 1270. The number of fused-ring (bicyclic) bond motifs is 1. The molecule has 4 aromatic rings. The molecular formula is C26H24N2O3. The first-order chi connectivity index (χ1) is 15.0. The zero-order valence-electron chi connectivity index (χ0n) is 18.0. The molecule has 0 unspecified atom stereocenters. The van der Waals surface area contributed by atoms with Gasteiger partial charge >= 0.3 is 0 Å². The quantitative estimate of drug-likeness (QED) is 0.434. The molecule has 1 amide bonds. The van der Waals surface area contributed by atoms with Crippen molar-refractivity contribution in [3.05, 3.63) is 83.9 Å². The van der Waals surface area contributed by atoms with Gasteiger partial charge in [0.25, 0.3) is 5.91 Å². The summed E-state index contributed by atoms with van der Waals surface area (Å²) in [5.74, 6) is 1.16. The van der Waals surface area contributed by atoms with E-state index in [1.807, 2.05) is 79.7 Å². The van der Waals surface area contributed by atoms with Gasteiger partial charge in [-0.05, 0) is 55.0 Å². The molecule has 0 aliphatic heterocycles. The second kappa shape index (κ2) is 8.48. The van der Waals surface area contributed by atoms with Gasteiger partial charge in [0.05, 0.1) is 31.0 Å². The van der Waals surface area contributed by atoms with E-state index in [4.69, 9.17) is 14.5 Å². The van der Waals surface area contributed by atoms with Crippen LogP contribution in [0.5, 0.6) is 11.5 Å². The Hall–Kier alpha value is -3.86.